The van der Waals surface area contributed by atoms with Crippen molar-refractivity contribution in [3.05, 3.63) is 24.3 Å². The zero-order valence-corrected chi connectivity index (χ0v) is 21.1. The lowest BCUT2D eigenvalue weighted by molar-refractivity contribution is -0.123. The van der Waals surface area contributed by atoms with Gasteiger partial charge in [0, 0.05) is 6.54 Å². The number of rotatable bonds is 2. The third-order valence-corrected chi connectivity index (χ3v) is 6.98. The zero-order valence-electron chi connectivity index (χ0n) is 21.1. The zero-order chi connectivity index (χ0) is 25.1. The predicted octanol–water partition coefficient (Wildman–Crippen LogP) is 2.81. The minimum Gasteiger partial charge on any atom is -0.444 e. The monoisotopic (exact) mass is 471 g/mol. The third-order valence-electron chi connectivity index (χ3n) is 6.98. The van der Waals surface area contributed by atoms with Crippen LogP contribution < -0.4 is 15.7 Å². The van der Waals surface area contributed by atoms with Crippen molar-refractivity contribution in [1.29, 1.82) is 0 Å². The maximum absolute atomic E-state index is 13.5. The van der Waals surface area contributed by atoms with Crippen molar-refractivity contribution in [2.45, 2.75) is 83.6 Å². The standard InChI is InChI=1S/C24H34BN3O6/c1-21(2,3)32-20(31)27-14-8-13-24(15-27)18(29)28(19(30)26-24)17-11-9-16(10-12-17)25-33-22(4,5)23(6,7)34-25/h9-12H,8,13-15H2,1-7H3,(H,26,30). The van der Waals surface area contributed by atoms with Gasteiger partial charge in [-0.05, 0) is 78.9 Å². The Kier molecular flexibility index (Phi) is 5.76. The fourth-order valence-electron chi connectivity index (χ4n) is 4.43. The van der Waals surface area contributed by atoms with Crippen LogP contribution in [0.4, 0.5) is 15.3 Å². The lowest BCUT2D eigenvalue weighted by Gasteiger charge is -2.38. The highest BCUT2D eigenvalue weighted by atomic mass is 16.7. The summed E-state index contributed by atoms with van der Waals surface area (Å²) in [6.45, 7) is 13.9. The molecular weight excluding hydrogens is 437 g/mol. The summed E-state index contributed by atoms with van der Waals surface area (Å²) in [6.07, 6.45) is 0.554. The SMILES string of the molecule is CC(C)(C)OC(=O)N1CCCC2(C1)NC(=O)N(c1ccc(B3OC(C)(C)C(C)(C)O3)cc1)C2=O. The summed E-state index contributed by atoms with van der Waals surface area (Å²) >= 11 is 0. The van der Waals surface area contributed by atoms with Gasteiger partial charge >= 0.3 is 19.2 Å². The molecule has 1 unspecified atom stereocenters. The van der Waals surface area contributed by atoms with Gasteiger partial charge in [-0.15, -0.1) is 0 Å². The number of urea groups is 1. The topological polar surface area (TPSA) is 97.4 Å². The van der Waals surface area contributed by atoms with Crippen LogP contribution in [-0.4, -0.2) is 65.5 Å². The first-order chi connectivity index (χ1) is 15.6. The summed E-state index contributed by atoms with van der Waals surface area (Å²) in [7, 11) is -0.533. The maximum Gasteiger partial charge on any atom is 0.494 e. The number of benzene rings is 1. The molecule has 3 fully saturated rings. The molecule has 0 aromatic heterocycles. The van der Waals surface area contributed by atoms with Gasteiger partial charge in [0.25, 0.3) is 5.91 Å². The molecule has 1 atom stereocenters. The Morgan fingerprint density at radius 2 is 1.65 bits per heavy atom. The molecule has 0 saturated carbocycles. The molecule has 1 aromatic carbocycles. The van der Waals surface area contributed by atoms with Crippen LogP contribution in [-0.2, 0) is 18.8 Å². The Bertz CT molecular complexity index is 987. The van der Waals surface area contributed by atoms with Gasteiger partial charge in [0.05, 0.1) is 23.4 Å². The highest BCUT2D eigenvalue weighted by Gasteiger charge is 2.55. The Hall–Kier alpha value is -2.59. The third kappa shape index (κ3) is 4.29. The second-order valence-corrected chi connectivity index (χ2v) is 11.3. The summed E-state index contributed by atoms with van der Waals surface area (Å²) in [5.41, 5.74) is -1.47. The number of amides is 4. The van der Waals surface area contributed by atoms with E-state index in [9.17, 15) is 14.4 Å². The Labute approximate surface area is 201 Å². The van der Waals surface area contributed by atoms with Crippen LogP contribution >= 0.6 is 0 Å². The first-order valence-electron chi connectivity index (χ1n) is 11.7. The predicted molar refractivity (Wildman–Crippen MR) is 128 cm³/mol. The number of hydrogen-bond acceptors (Lipinski definition) is 6. The molecule has 0 radical (unpaired) electrons. The fourth-order valence-corrected chi connectivity index (χ4v) is 4.43. The highest BCUT2D eigenvalue weighted by molar-refractivity contribution is 6.62. The number of nitrogens with one attached hydrogen (secondary N) is 1. The van der Waals surface area contributed by atoms with Crippen molar-refractivity contribution in [2.75, 3.05) is 18.0 Å². The van der Waals surface area contributed by atoms with Gasteiger partial charge in [0.1, 0.15) is 11.1 Å². The van der Waals surface area contributed by atoms with Crippen LogP contribution in [0.1, 0.15) is 61.3 Å². The quantitative estimate of drug-likeness (QED) is 0.527. The summed E-state index contributed by atoms with van der Waals surface area (Å²) in [5.74, 6) is -0.367. The van der Waals surface area contributed by atoms with Crippen LogP contribution in [0, 0.1) is 0 Å². The van der Waals surface area contributed by atoms with Gasteiger partial charge in [0.15, 0.2) is 0 Å². The van der Waals surface area contributed by atoms with Crippen molar-refractivity contribution >= 4 is 36.3 Å². The van der Waals surface area contributed by atoms with Crippen LogP contribution in [0.2, 0.25) is 0 Å². The van der Waals surface area contributed by atoms with Crippen molar-refractivity contribution in [3.8, 4) is 0 Å². The largest absolute Gasteiger partial charge is 0.494 e. The molecule has 34 heavy (non-hydrogen) atoms. The number of nitrogens with zero attached hydrogens (tertiary/aromatic N) is 2. The van der Waals surface area contributed by atoms with E-state index in [0.29, 0.717) is 25.1 Å². The molecule has 4 amide bonds. The molecule has 184 valence electrons. The molecule has 4 rings (SSSR count). The number of ether oxygens (including phenoxy) is 1. The first kappa shape index (κ1) is 24.5. The molecule has 3 aliphatic heterocycles. The number of piperidine rings is 1. The summed E-state index contributed by atoms with van der Waals surface area (Å²) in [6, 6.07) is 6.53. The molecule has 3 heterocycles. The van der Waals surface area contributed by atoms with E-state index in [2.05, 4.69) is 5.32 Å². The number of imide groups is 1. The van der Waals surface area contributed by atoms with E-state index < -0.39 is 41.6 Å². The smallest absolute Gasteiger partial charge is 0.444 e. The van der Waals surface area contributed by atoms with Crippen LogP contribution in [0.3, 0.4) is 0 Å². The summed E-state index contributed by atoms with van der Waals surface area (Å²) < 4.78 is 17.6. The Morgan fingerprint density at radius 3 is 2.21 bits per heavy atom. The maximum atomic E-state index is 13.5. The van der Waals surface area contributed by atoms with Crippen LogP contribution in [0.5, 0.6) is 0 Å². The number of carbonyl (C=O) groups is 3. The van der Waals surface area contributed by atoms with E-state index >= 15 is 0 Å². The lowest BCUT2D eigenvalue weighted by atomic mass is 9.79. The minimum atomic E-state index is -1.16. The van der Waals surface area contributed by atoms with Gasteiger partial charge in [-0.25, -0.2) is 14.5 Å². The van der Waals surface area contributed by atoms with Gasteiger partial charge < -0.3 is 24.3 Å². The van der Waals surface area contributed by atoms with E-state index in [4.69, 9.17) is 14.0 Å². The van der Waals surface area contributed by atoms with E-state index in [1.807, 2.05) is 27.7 Å². The second-order valence-electron chi connectivity index (χ2n) is 11.3. The average molecular weight is 471 g/mol. The van der Waals surface area contributed by atoms with Crippen molar-refractivity contribution in [1.82, 2.24) is 10.2 Å². The van der Waals surface area contributed by atoms with Crippen LogP contribution in [0.25, 0.3) is 0 Å². The van der Waals surface area contributed by atoms with Crippen molar-refractivity contribution < 1.29 is 28.4 Å². The lowest BCUT2D eigenvalue weighted by Crippen LogP contribution is -2.60. The fraction of sp³-hybridized carbons (Fsp3) is 0.625. The first-order valence-corrected chi connectivity index (χ1v) is 11.7. The molecule has 10 heteroatoms. The second kappa shape index (κ2) is 7.98. The average Bonchev–Trinajstić information content (AvgIpc) is 3.08. The molecule has 0 bridgehead atoms. The summed E-state index contributed by atoms with van der Waals surface area (Å²) in [5, 5.41) is 2.85. The minimum absolute atomic E-state index is 0.0784. The molecule has 1 spiro atoms. The van der Waals surface area contributed by atoms with E-state index in [1.54, 1.807) is 45.0 Å². The van der Waals surface area contributed by atoms with E-state index in [1.165, 1.54) is 4.90 Å². The Morgan fingerprint density at radius 1 is 1.06 bits per heavy atom. The number of likely N-dealkylation sites (tertiary alicyclic amines) is 1. The normalized spacial score (nSPS) is 26.3. The van der Waals surface area contributed by atoms with Crippen LogP contribution in [0.15, 0.2) is 24.3 Å². The van der Waals surface area contributed by atoms with Crippen molar-refractivity contribution in [2.24, 2.45) is 0 Å². The highest BCUT2D eigenvalue weighted by Crippen LogP contribution is 2.37. The molecule has 9 nitrogen and oxygen atoms in total. The van der Waals surface area contributed by atoms with Gasteiger partial charge in [-0.1, -0.05) is 12.1 Å². The number of hydrogen-bond donors (Lipinski definition) is 1. The van der Waals surface area contributed by atoms with Gasteiger partial charge in [-0.2, -0.15) is 0 Å². The van der Waals surface area contributed by atoms with Gasteiger partial charge in [-0.3, -0.25) is 4.79 Å². The van der Waals surface area contributed by atoms with E-state index in [0.717, 1.165) is 10.4 Å². The molecule has 3 saturated heterocycles. The van der Waals surface area contributed by atoms with Crippen molar-refractivity contribution in [3.63, 3.8) is 0 Å². The van der Waals surface area contributed by atoms with Gasteiger partial charge in [0.2, 0.25) is 0 Å². The number of carbonyl (C=O) groups excluding carboxylic acids is 3. The Balaban J connectivity index is 1.50. The molecule has 1 N–H and O–H groups in total. The molecule has 3 aliphatic rings. The van der Waals surface area contributed by atoms with E-state index in [-0.39, 0.29) is 12.5 Å². The molecule has 0 aliphatic carbocycles. The molecule has 1 aromatic rings. The molecular formula is C24H34BN3O6. The number of anilines is 1. The summed E-state index contributed by atoms with van der Waals surface area (Å²) in [4.78, 5) is 41.6.